The molecule has 0 saturated carbocycles. The number of ether oxygens (including phenoxy) is 1. The van der Waals surface area contributed by atoms with E-state index in [1.807, 2.05) is 0 Å². The van der Waals surface area contributed by atoms with Crippen LogP contribution in [0.4, 0.5) is 0 Å². The van der Waals surface area contributed by atoms with Crippen LogP contribution >= 0.6 is 0 Å². The van der Waals surface area contributed by atoms with Gasteiger partial charge in [-0.25, -0.2) is 0 Å². The van der Waals surface area contributed by atoms with Crippen LogP contribution in [0.25, 0.3) is 0 Å². The van der Waals surface area contributed by atoms with Crippen LogP contribution in [0, 0.1) is 19.8 Å². The van der Waals surface area contributed by atoms with Crippen LogP contribution in [0.15, 0.2) is 12.1 Å². The van der Waals surface area contributed by atoms with Crippen molar-refractivity contribution in [1.82, 2.24) is 4.98 Å². The summed E-state index contributed by atoms with van der Waals surface area (Å²) in [5.41, 5.74) is 1.61. The molecule has 1 rings (SSSR count). The van der Waals surface area contributed by atoms with Crippen LogP contribution in [-0.2, 0) is 14.3 Å². The lowest BCUT2D eigenvalue weighted by molar-refractivity contribution is -0.146. The van der Waals surface area contributed by atoms with Gasteiger partial charge in [-0.1, -0.05) is 0 Å². The number of rotatable bonds is 4. The fraction of sp³-hybridized carbons (Fsp3) is 0.385. The third kappa shape index (κ3) is 3.00. The Bertz CT molecular complexity index is 487. The van der Waals surface area contributed by atoms with Gasteiger partial charge in [-0.05, 0) is 32.9 Å². The number of esters is 1. The van der Waals surface area contributed by atoms with Gasteiger partial charge in [0.15, 0.2) is 17.5 Å². The topological polar surface area (TPSA) is 73.3 Å². The van der Waals surface area contributed by atoms with Gasteiger partial charge in [-0.3, -0.25) is 19.4 Å². The van der Waals surface area contributed by atoms with E-state index in [1.54, 1.807) is 26.0 Å². The molecule has 18 heavy (non-hydrogen) atoms. The van der Waals surface area contributed by atoms with Crippen molar-refractivity contribution in [3.8, 4) is 0 Å². The molecular weight excluding hydrogens is 234 g/mol. The van der Waals surface area contributed by atoms with Gasteiger partial charge in [0.1, 0.15) is 0 Å². The fourth-order valence-corrected chi connectivity index (χ4v) is 1.72. The minimum absolute atomic E-state index is 0.297. The van der Waals surface area contributed by atoms with Crippen LogP contribution in [0.5, 0.6) is 0 Å². The monoisotopic (exact) mass is 249 g/mol. The van der Waals surface area contributed by atoms with E-state index >= 15 is 0 Å². The highest BCUT2D eigenvalue weighted by Gasteiger charge is 2.33. The zero-order valence-electron chi connectivity index (χ0n) is 10.8. The molecule has 0 N–H and O–H groups in total. The largest absolute Gasteiger partial charge is 0.468 e. The predicted octanol–water partition coefficient (Wildman–Crippen LogP) is 1.26. The number of pyridine rings is 1. The summed E-state index contributed by atoms with van der Waals surface area (Å²) in [4.78, 5) is 39.1. The van der Waals surface area contributed by atoms with Gasteiger partial charge in [-0.15, -0.1) is 0 Å². The van der Waals surface area contributed by atoms with Crippen molar-refractivity contribution in [3.05, 3.63) is 29.1 Å². The Morgan fingerprint density at radius 2 is 1.67 bits per heavy atom. The number of ketones is 2. The molecule has 1 aromatic heterocycles. The van der Waals surface area contributed by atoms with E-state index in [4.69, 9.17) is 0 Å². The van der Waals surface area contributed by atoms with Gasteiger partial charge >= 0.3 is 5.97 Å². The highest BCUT2D eigenvalue weighted by molar-refractivity contribution is 6.22. The molecule has 0 aliphatic rings. The molecule has 0 bridgehead atoms. The molecule has 5 nitrogen and oxygen atoms in total. The van der Waals surface area contributed by atoms with Crippen molar-refractivity contribution in [2.75, 3.05) is 7.11 Å². The number of aryl methyl sites for hydroxylation is 2. The van der Waals surface area contributed by atoms with Gasteiger partial charge in [0.25, 0.3) is 0 Å². The van der Waals surface area contributed by atoms with Crippen molar-refractivity contribution in [2.45, 2.75) is 20.8 Å². The third-order valence-electron chi connectivity index (χ3n) is 2.47. The van der Waals surface area contributed by atoms with Crippen LogP contribution in [0.3, 0.4) is 0 Å². The number of nitrogens with zero attached hydrogens (tertiary/aromatic N) is 1. The Morgan fingerprint density at radius 3 is 2.06 bits per heavy atom. The SMILES string of the molecule is COC(=O)C(C(C)=O)C(=O)c1cc(C)nc(C)c1. The van der Waals surface area contributed by atoms with Crippen molar-refractivity contribution in [3.63, 3.8) is 0 Å². The maximum absolute atomic E-state index is 12.1. The quantitative estimate of drug-likeness (QED) is 0.456. The molecule has 96 valence electrons. The molecular formula is C13H15NO4. The second-order valence-corrected chi connectivity index (χ2v) is 4.07. The molecule has 1 atom stereocenters. The molecule has 5 heteroatoms. The van der Waals surface area contributed by atoms with Crippen molar-refractivity contribution >= 4 is 17.5 Å². The standard InChI is InChI=1S/C13H15NO4/c1-7-5-10(6-8(2)14-7)12(16)11(9(3)15)13(17)18-4/h5-6,11H,1-4H3. The summed E-state index contributed by atoms with van der Waals surface area (Å²) in [6.07, 6.45) is 0. The van der Waals surface area contributed by atoms with Crippen LogP contribution < -0.4 is 0 Å². The molecule has 0 spiro atoms. The van der Waals surface area contributed by atoms with Crippen molar-refractivity contribution in [1.29, 1.82) is 0 Å². The van der Waals surface area contributed by atoms with Gasteiger partial charge in [0, 0.05) is 17.0 Å². The molecule has 0 radical (unpaired) electrons. The average Bonchev–Trinajstić information content (AvgIpc) is 2.26. The Labute approximate surface area is 105 Å². The second kappa shape index (κ2) is 5.53. The summed E-state index contributed by atoms with van der Waals surface area (Å²) in [7, 11) is 1.15. The molecule has 0 aliphatic heterocycles. The maximum Gasteiger partial charge on any atom is 0.324 e. The number of Topliss-reactive ketones (excluding diaryl/α,β-unsaturated/α-hetero) is 2. The number of aromatic nitrogens is 1. The van der Waals surface area contributed by atoms with E-state index in [1.165, 1.54) is 6.92 Å². The molecule has 1 aromatic rings. The normalized spacial score (nSPS) is 11.8. The van der Waals surface area contributed by atoms with Gasteiger partial charge in [-0.2, -0.15) is 0 Å². The first-order chi connectivity index (χ1) is 8.36. The Hall–Kier alpha value is -2.04. The van der Waals surface area contributed by atoms with E-state index in [0.29, 0.717) is 17.0 Å². The lowest BCUT2D eigenvalue weighted by Gasteiger charge is -2.11. The first-order valence-corrected chi connectivity index (χ1v) is 5.44. The van der Waals surface area contributed by atoms with Crippen LogP contribution in [0.1, 0.15) is 28.7 Å². The number of carbonyl (C=O) groups is 3. The minimum Gasteiger partial charge on any atom is -0.468 e. The molecule has 0 amide bonds. The van der Waals surface area contributed by atoms with Gasteiger partial charge < -0.3 is 4.74 Å². The summed E-state index contributed by atoms with van der Waals surface area (Å²) >= 11 is 0. The van der Waals surface area contributed by atoms with E-state index in [9.17, 15) is 14.4 Å². The third-order valence-corrected chi connectivity index (χ3v) is 2.47. The summed E-state index contributed by atoms with van der Waals surface area (Å²) in [5.74, 6) is -3.31. The Balaban J connectivity index is 3.17. The zero-order valence-corrected chi connectivity index (χ0v) is 10.8. The van der Waals surface area contributed by atoms with E-state index in [2.05, 4.69) is 9.72 Å². The van der Waals surface area contributed by atoms with E-state index in [0.717, 1.165) is 7.11 Å². The molecule has 0 saturated heterocycles. The van der Waals surface area contributed by atoms with Crippen LogP contribution in [-0.4, -0.2) is 29.6 Å². The number of hydrogen-bond donors (Lipinski definition) is 0. The fourth-order valence-electron chi connectivity index (χ4n) is 1.72. The molecule has 0 aromatic carbocycles. The molecule has 0 fully saturated rings. The van der Waals surface area contributed by atoms with Crippen LogP contribution in [0.2, 0.25) is 0 Å². The number of hydrogen-bond acceptors (Lipinski definition) is 5. The summed E-state index contributed by atoms with van der Waals surface area (Å²) in [6.45, 7) is 4.68. The maximum atomic E-state index is 12.1. The Kier molecular flexibility index (Phi) is 4.31. The lowest BCUT2D eigenvalue weighted by atomic mass is 9.94. The molecule has 1 heterocycles. The zero-order chi connectivity index (χ0) is 13.9. The first kappa shape index (κ1) is 14.0. The lowest BCUT2D eigenvalue weighted by Crippen LogP contribution is -2.31. The van der Waals surface area contributed by atoms with E-state index in [-0.39, 0.29) is 0 Å². The number of carbonyl (C=O) groups excluding carboxylic acids is 3. The first-order valence-electron chi connectivity index (χ1n) is 5.44. The highest BCUT2D eigenvalue weighted by Crippen LogP contribution is 2.14. The van der Waals surface area contributed by atoms with Gasteiger partial charge in [0.05, 0.1) is 7.11 Å². The summed E-state index contributed by atoms with van der Waals surface area (Å²) in [6, 6.07) is 3.10. The van der Waals surface area contributed by atoms with E-state index < -0.39 is 23.5 Å². The van der Waals surface area contributed by atoms with Crippen molar-refractivity contribution < 1.29 is 19.1 Å². The smallest absolute Gasteiger partial charge is 0.324 e. The average molecular weight is 249 g/mol. The highest BCUT2D eigenvalue weighted by atomic mass is 16.5. The predicted molar refractivity (Wildman–Crippen MR) is 64.2 cm³/mol. The Morgan fingerprint density at radius 1 is 1.17 bits per heavy atom. The van der Waals surface area contributed by atoms with Crippen molar-refractivity contribution in [2.24, 2.45) is 5.92 Å². The number of methoxy groups -OCH3 is 1. The minimum atomic E-state index is -1.39. The summed E-state index contributed by atoms with van der Waals surface area (Å²) < 4.78 is 4.48. The molecule has 1 unspecified atom stereocenters. The van der Waals surface area contributed by atoms with Gasteiger partial charge in [0.2, 0.25) is 0 Å². The molecule has 0 aliphatic carbocycles. The summed E-state index contributed by atoms with van der Waals surface area (Å²) in [5, 5.41) is 0. The second-order valence-electron chi connectivity index (χ2n) is 4.07.